The molecule has 3 aromatic rings. The first-order valence-corrected chi connectivity index (χ1v) is 10.8. The summed E-state index contributed by atoms with van der Waals surface area (Å²) in [5, 5.41) is 12.5. The molecule has 26 heavy (non-hydrogen) atoms. The molecule has 0 unspecified atom stereocenters. The van der Waals surface area contributed by atoms with Gasteiger partial charge in [-0.1, -0.05) is 18.2 Å². The summed E-state index contributed by atoms with van der Waals surface area (Å²) >= 11 is 3.43. The maximum Gasteiger partial charge on any atom is 0.128 e. The summed E-state index contributed by atoms with van der Waals surface area (Å²) in [6.45, 7) is 2.23. The number of thioether (sulfide) groups is 1. The molecular weight excluding hydrogens is 364 g/mol. The molecule has 1 atom stereocenters. The van der Waals surface area contributed by atoms with Gasteiger partial charge in [-0.05, 0) is 50.3 Å². The van der Waals surface area contributed by atoms with Gasteiger partial charge in [0.1, 0.15) is 28.0 Å². The number of fused-ring (bicyclic) bond motifs is 3. The van der Waals surface area contributed by atoms with Crippen molar-refractivity contribution in [3.05, 3.63) is 46.6 Å². The number of benzene rings is 1. The SMILES string of the molecule is Cc1nc(SC[C@@H](O)COc2ccccc2)c2c3c(sc2n1)CCCC3. The monoisotopic (exact) mass is 386 g/mol. The summed E-state index contributed by atoms with van der Waals surface area (Å²) in [6, 6.07) is 9.60. The van der Waals surface area contributed by atoms with Gasteiger partial charge in [0.05, 0.1) is 6.10 Å². The topological polar surface area (TPSA) is 55.2 Å². The Morgan fingerprint density at radius 3 is 2.85 bits per heavy atom. The molecule has 0 saturated carbocycles. The number of nitrogens with zero attached hydrogens (tertiary/aromatic N) is 2. The molecular formula is C20H22N2O2S2. The van der Waals surface area contributed by atoms with Gasteiger partial charge in [0.2, 0.25) is 0 Å². The average molecular weight is 387 g/mol. The number of para-hydroxylation sites is 1. The van der Waals surface area contributed by atoms with Gasteiger partial charge in [0, 0.05) is 16.0 Å². The van der Waals surface area contributed by atoms with Crippen LogP contribution < -0.4 is 4.74 Å². The van der Waals surface area contributed by atoms with E-state index < -0.39 is 6.10 Å². The Hall–Kier alpha value is -1.63. The summed E-state index contributed by atoms with van der Waals surface area (Å²) in [6.07, 6.45) is 4.25. The number of ether oxygens (including phenoxy) is 1. The molecule has 1 N–H and O–H groups in total. The van der Waals surface area contributed by atoms with Crippen LogP contribution in [0.15, 0.2) is 35.4 Å². The van der Waals surface area contributed by atoms with Crippen LogP contribution in [0.25, 0.3) is 10.2 Å². The van der Waals surface area contributed by atoms with E-state index in [9.17, 15) is 5.11 Å². The molecule has 0 radical (unpaired) electrons. The first-order chi connectivity index (χ1) is 12.7. The highest BCUT2D eigenvalue weighted by molar-refractivity contribution is 7.99. The number of hydrogen-bond acceptors (Lipinski definition) is 6. The molecule has 4 rings (SSSR count). The van der Waals surface area contributed by atoms with E-state index in [1.165, 1.54) is 28.7 Å². The van der Waals surface area contributed by atoms with Gasteiger partial charge in [0.15, 0.2) is 0 Å². The third kappa shape index (κ3) is 3.87. The fourth-order valence-corrected chi connectivity index (χ4v) is 5.64. The van der Waals surface area contributed by atoms with Crippen molar-refractivity contribution in [1.82, 2.24) is 9.97 Å². The normalized spacial score (nSPS) is 15.0. The van der Waals surface area contributed by atoms with E-state index in [4.69, 9.17) is 4.74 Å². The molecule has 0 amide bonds. The molecule has 0 bridgehead atoms. The molecule has 0 fully saturated rings. The average Bonchev–Trinajstić information content (AvgIpc) is 3.03. The highest BCUT2D eigenvalue weighted by Gasteiger charge is 2.21. The lowest BCUT2D eigenvalue weighted by Crippen LogP contribution is -2.20. The van der Waals surface area contributed by atoms with Gasteiger partial charge in [0.25, 0.3) is 0 Å². The predicted molar refractivity (Wildman–Crippen MR) is 107 cm³/mol. The second kappa shape index (κ2) is 7.94. The van der Waals surface area contributed by atoms with Crippen molar-refractivity contribution in [2.45, 2.75) is 43.7 Å². The Kier molecular flexibility index (Phi) is 5.43. The lowest BCUT2D eigenvalue weighted by molar-refractivity contribution is 0.126. The van der Waals surface area contributed by atoms with Crippen molar-refractivity contribution in [3.63, 3.8) is 0 Å². The molecule has 2 heterocycles. The highest BCUT2D eigenvalue weighted by atomic mass is 32.2. The van der Waals surface area contributed by atoms with Gasteiger partial charge in [-0.3, -0.25) is 0 Å². The predicted octanol–water partition coefficient (Wildman–Crippen LogP) is 4.41. The van der Waals surface area contributed by atoms with E-state index in [-0.39, 0.29) is 6.61 Å². The van der Waals surface area contributed by atoms with Crippen LogP contribution in [0.3, 0.4) is 0 Å². The fraction of sp³-hybridized carbons (Fsp3) is 0.400. The van der Waals surface area contributed by atoms with Gasteiger partial charge < -0.3 is 9.84 Å². The van der Waals surface area contributed by atoms with Gasteiger partial charge >= 0.3 is 0 Å². The molecule has 0 spiro atoms. The molecule has 1 aliphatic rings. The smallest absolute Gasteiger partial charge is 0.128 e. The van der Waals surface area contributed by atoms with Crippen LogP contribution in [0.5, 0.6) is 5.75 Å². The van der Waals surface area contributed by atoms with E-state index in [0.29, 0.717) is 5.75 Å². The van der Waals surface area contributed by atoms with Crippen molar-refractivity contribution in [2.24, 2.45) is 0 Å². The van der Waals surface area contributed by atoms with Crippen molar-refractivity contribution < 1.29 is 9.84 Å². The number of aryl methyl sites for hydroxylation is 3. The Bertz CT molecular complexity index is 896. The van der Waals surface area contributed by atoms with Crippen molar-refractivity contribution in [1.29, 1.82) is 0 Å². The van der Waals surface area contributed by atoms with E-state index in [1.807, 2.05) is 48.6 Å². The zero-order valence-corrected chi connectivity index (χ0v) is 16.4. The van der Waals surface area contributed by atoms with Crippen molar-refractivity contribution >= 4 is 33.3 Å². The third-order valence-electron chi connectivity index (χ3n) is 4.49. The zero-order chi connectivity index (χ0) is 17.9. The molecule has 2 aromatic heterocycles. The Balaban J connectivity index is 1.47. The number of aromatic nitrogens is 2. The van der Waals surface area contributed by atoms with E-state index in [1.54, 1.807) is 11.8 Å². The Labute approximate surface area is 161 Å². The van der Waals surface area contributed by atoms with Crippen molar-refractivity contribution in [2.75, 3.05) is 12.4 Å². The quantitative estimate of drug-likeness (QED) is 0.502. The van der Waals surface area contributed by atoms with Crippen LogP contribution in [0.2, 0.25) is 0 Å². The summed E-state index contributed by atoms with van der Waals surface area (Å²) in [7, 11) is 0. The second-order valence-corrected chi connectivity index (χ2v) is 8.65. The van der Waals surface area contributed by atoms with E-state index in [2.05, 4.69) is 9.97 Å². The minimum Gasteiger partial charge on any atom is -0.491 e. The lowest BCUT2D eigenvalue weighted by Gasteiger charge is -2.14. The maximum atomic E-state index is 10.3. The molecule has 136 valence electrons. The first kappa shape index (κ1) is 17.8. The van der Waals surface area contributed by atoms with Crippen LogP contribution in [0.4, 0.5) is 0 Å². The number of thiophene rings is 1. The number of hydrogen-bond donors (Lipinski definition) is 1. The highest BCUT2D eigenvalue weighted by Crippen LogP contribution is 2.39. The lowest BCUT2D eigenvalue weighted by atomic mass is 9.97. The van der Waals surface area contributed by atoms with Gasteiger partial charge in [-0.15, -0.1) is 23.1 Å². The molecule has 0 saturated heterocycles. The summed E-state index contributed by atoms with van der Waals surface area (Å²) in [4.78, 5) is 11.9. The number of aliphatic hydroxyl groups is 1. The standard InChI is InChI=1S/C20H22N2O2S2/c1-13-21-19(18-16-9-5-6-10-17(16)26-20(18)22-13)25-12-14(23)11-24-15-7-3-2-4-8-15/h2-4,7-8,14,23H,5-6,9-12H2,1H3/t14-/m0/s1. The fourth-order valence-electron chi connectivity index (χ4n) is 3.26. The van der Waals surface area contributed by atoms with Crippen molar-refractivity contribution in [3.8, 4) is 5.75 Å². The first-order valence-electron chi connectivity index (χ1n) is 8.98. The Morgan fingerprint density at radius 2 is 2.00 bits per heavy atom. The van der Waals surface area contributed by atoms with Gasteiger partial charge in [-0.2, -0.15) is 0 Å². The zero-order valence-electron chi connectivity index (χ0n) is 14.8. The number of rotatable bonds is 6. The molecule has 4 nitrogen and oxygen atoms in total. The van der Waals surface area contributed by atoms with Crippen LogP contribution in [0.1, 0.15) is 29.1 Å². The maximum absolute atomic E-state index is 10.3. The van der Waals surface area contributed by atoms with Crippen LogP contribution in [-0.2, 0) is 12.8 Å². The minimum atomic E-state index is -0.542. The third-order valence-corrected chi connectivity index (χ3v) is 6.80. The Morgan fingerprint density at radius 1 is 1.19 bits per heavy atom. The molecule has 1 aliphatic carbocycles. The largest absolute Gasteiger partial charge is 0.491 e. The molecule has 6 heteroatoms. The van der Waals surface area contributed by atoms with Gasteiger partial charge in [-0.25, -0.2) is 9.97 Å². The van der Waals surface area contributed by atoms with E-state index >= 15 is 0 Å². The van der Waals surface area contributed by atoms with Crippen LogP contribution in [0, 0.1) is 6.92 Å². The summed E-state index contributed by atoms with van der Waals surface area (Å²) in [5.41, 5.74) is 1.44. The van der Waals surface area contributed by atoms with E-state index in [0.717, 1.165) is 34.3 Å². The molecule has 1 aromatic carbocycles. The summed E-state index contributed by atoms with van der Waals surface area (Å²) in [5.74, 6) is 2.14. The number of aliphatic hydroxyl groups excluding tert-OH is 1. The summed E-state index contributed by atoms with van der Waals surface area (Å²) < 4.78 is 5.65. The minimum absolute atomic E-state index is 0.284. The van der Waals surface area contributed by atoms with Crippen LogP contribution >= 0.6 is 23.1 Å². The van der Waals surface area contributed by atoms with Crippen LogP contribution in [-0.4, -0.2) is 33.5 Å². The second-order valence-electron chi connectivity index (χ2n) is 6.56. The molecule has 0 aliphatic heterocycles.